The van der Waals surface area contributed by atoms with Crippen molar-refractivity contribution in [1.29, 1.82) is 0 Å². The minimum absolute atomic E-state index is 0.0434. The molecule has 1 atom stereocenters. The van der Waals surface area contributed by atoms with Gasteiger partial charge in [0.25, 0.3) is 5.91 Å². The van der Waals surface area contributed by atoms with Crippen molar-refractivity contribution in [2.45, 2.75) is 32.0 Å². The summed E-state index contributed by atoms with van der Waals surface area (Å²) in [6, 6.07) is 0.682. The van der Waals surface area contributed by atoms with Crippen LogP contribution < -0.4 is 4.90 Å². The van der Waals surface area contributed by atoms with Gasteiger partial charge in [-0.3, -0.25) is 9.59 Å². The zero-order valence-corrected chi connectivity index (χ0v) is 14.7. The molecule has 3 heterocycles. The first-order valence-corrected chi connectivity index (χ1v) is 8.59. The van der Waals surface area contributed by atoms with Crippen molar-refractivity contribution in [1.82, 2.24) is 14.8 Å². The SMILES string of the molecule is CCCC(=O)N1CCN2c3ncc(C(F)(F)F)cc3C(=O)N(C)CC2C1. The standard InChI is InChI=1S/C17H21F3N4O2/c1-3-4-14(25)23-5-6-24-12(10-23)9-22(2)16(26)13-7-11(17(18,19)20)8-21-15(13)24/h7-8,12H,3-6,9-10H2,1-2H3. The van der Waals surface area contributed by atoms with Gasteiger partial charge in [-0.2, -0.15) is 13.2 Å². The number of hydrogen-bond acceptors (Lipinski definition) is 4. The largest absolute Gasteiger partial charge is 0.417 e. The van der Waals surface area contributed by atoms with E-state index < -0.39 is 17.6 Å². The molecule has 0 aliphatic carbocycles. The van der Waals surface area contributed by atoms with E-state index in [9.17, 15) is 22.8 Å². The van der Waals surface area contributed by atoms with Crippen LogP contribution in [0.3, 0.4) is 0 Å². The lowest BCUT2D eigenvalue weighted by molar-refractivity contribution is -0.138. The molecule has 0 spiro atoms. The van der Waals surface area contributed by atoms with Gasteiger partial charge in [0, 0.05) is 45.8 Å². The highest BCUT2D eigenvalue weighted by molar-refractivity contribution is 5.99. The van der Waals surface area contributed by atoms with E-state index in [1.807, 2.05) is 11.8 Å². The topological polar surface area (TPSA) is 56.8 Å². The van der Waals surface area contributed by atoms with Crippen LogP contribution in [-0.4, -0.2) is 65.9 Å². The summed E-state index contributed by atoms with van der Waals surface area (Å²) in [4.78, 5) is 33.8. The van der Waals surface area contributed by atoms with Gasteiger partial charge in [-0.25, -0.2) is 4.98 Å². The quantitative estimate of drug-likeness (QED) is 0.799. The average molecular weight is 370 g/mol. The minimum atomic E-state index is -4.56. The molecule has 1 fully saturated rings. The van der Waals surface area contributed by atoms with Crippen LogP contribution in [0.2, 0.25) is 0 Å². The lowest BCUT2D eigenvalue weighted by atomic mass is 10.1. The second kappa shape index (κ2) is 6.77. The minimum Gasteiger partial charge on any atom is -0.348 e. The number of nitrogens with zero attached hydrogens (tertiary/aromatic N) is 4. The Morgan fingerprint density at radius 2 is 2.04 bits per heavy atom. The fraction of sp³-hybridized carbons (Fsp3) is 0.588. The fourth-order valence-electron chi connectivity index (χ4n) is 3.49. The number of anilines is 1. The number of aromatic nitrogens is 1. The summed E-state index contributed by atoms with van der Waals surface area (Å²) in [5.74, 6) is -0.162. The predicted octanol–water partition coefficient (Wildman–Crippen LogP) is 2.00. The number of pyridine rings is 1. The molecule has 2 amide bonds. The summed E-state index contributed by atoms with van der Waals surface area (Å²) < 4.78 is 39.0. The molecule has 2 aliphatic rings. The van der Waals surface area contributed by atoms with Gasteiger partial charge in [-0.15, -0.1) is 0 Å². The van der Waals surface area contributed by atoms with Gasteiger partial charge < -0.3 is 14.7 Å². The molecule has 1 saturated heterocycles. The van der Waals surface area contributed by atoms with Crippen molar-refractivity contribution in [3.8, 4) is 0 Å². The monoisotopic (exact) mass is 370 g/mol. The van der Waals surface area contributed by atoms with Crippen molar-refractivity contribution in [3.05, 3.63) is 23.4 Å². The second-order valence-corrected chi connectivity index (χ2v) is 6.72. The summed E-state index contributed by atoms with van der Waals surface area (Å²) in [7, 11) is 1.56. The Hall–Kier alpha value is -2.32. The Balaban J connectivity index is 1.94. The molecule has 9 heteroatoms. The third kappa shape index (κ3) is 3.34. The van der Waals surface area contributed by atoms with Gasteiger partial charge in [-0.05, 0) is 12.5 Å². The van der Waals surface area contributed by atoms with Crippen LogP contribution in [0.1, 0.15) is 35.7 Å². The van der Waals surface area contributed by atoms with Crippen LogP contribution in [0.15, 0.2) is 12.3 Å². The number of alkyl halides is 3. The molecule has 6 nitrogen and oxygen atoms in total. The third-order valence-electron chi connectivity index (χ3n) is 4.83. The van der Waals surface area contributed by atoms with Gasteiger partial charge in [-0.1, -0.05) is 6.92 Å². The van der Waals surface area contributed by atoms with Gasteiger partial charge in [0.2, 0.25) is 5.91 Å². The van der Waals surface area contributed by atoms with Crippen LogP contribution in [0.5, 0.6) is 0 Å². The first-order chi connectivity index (χ1) is 12.2. The number of amides is 2. The molecule has 0 N–H and O–H groups in total. The number of likely N-dealkylation sites (N-methyl/N-ethyl adjacent to an activating group) is 1. The number of carbonyl (C=O) groups is 2. The maximum absolute atomic E-state index is 13.0. The predicted molar refractivity (Wildman–Crippen MR) is 88.8 cm³/mol. The molecule has 3 rings (SSSR count). The average Bonchev–Trinajstić information content (AvgIpc) is 2.69. The van der Waals surface area contributed by atoms with Gasteiger partial charge in [0.05, 0.1) is 17.2 Å². The van der Waals surface area contributed by atoms with E-state index in [1.165, 1.54) is 4.90 Å². The number of hydrogen-bond donors (Lipinski definition) is 0. The fourth-order valence-corrected chi connectivity index (χ4v) is 3.49. The number of fused-ring (bicyclic) bond motifs is 3. The molecule has 0 bridgehead atoms. The Kier molecular flexibility index (Phi) is 4.81. The van der Waals surface area contributed by atoms with E-state index in [4.69, 9.17) is 0 Å². The summed E-state index contributed by atoms with van der Waals surface area (Å²) >= 11 is 0. The first-order valence-electron chi connectivity index (χ1n) is 8.59. The van der Waals surface area contributed by atoms with Crippen LogP contribution in [0.25, 0.3) is 0 Å². The van der Waals surface area contributed by atoms with Crippen molar-refractivity contribution in [3.63, 3.8) is 0 Å². The van der Waals surface area contributed by atoms with Crippen LogP contribution in [-0.2, 0) is 11.0 Å². The molecule has 2 aliphatic heterocycles. The lowest BCUT2D eigenvalue weighted by Gasteiger charge is -2.42. The Bertz CT molecular complexity index is 722. The van der Waals surface area contributed by atoms with E-state index in [-0.39, 0.29) is 23.3 Å². The summed E-state index contributed by atoms with van der Waals surface area (Å²) in [5, 5.41) is 0. The number of rotatable bonds is 2. The summed E-state index contributed by atoms with van der Waals surface area (Å²) in [5.41, 5.74) is -0.980. The first kappa shape index (κ1) is 18.5. The normalized spacial score (nSPS) is 20.6. The molecule has 142 valence electrons. The Morgan fingerprint density at radius 1 is 1.31 bits per heavy atom. The third-order valence-corrected chi connectivity index (χ3v) is 4.83. The van der Waals surface area contributed by atoms with Crippen LogP contribution in [0, 0.1) is 0 Å². The number of halogens is 3. The van der Waals surface area contributed by atoms with Gasteiger partial charge in [0.15, 0.2) is 0 Å². The van der Waals surface area contributed by atoms with Crippen molar-refractivity contribution in [2.24, 2.45) is 0 Å². The van der Waals surface area contributed by atoms with Crippen LogP contribution >= 0.6 is 0 Å². The second-order valence-electron chi connectivity index (χ2n) is 6.72. The summed E-state index contributed by atoms with van der Waals surface area (Å²) in [6.07, 6.45) is -2.57. The van der Waals surface area contributed by atoms with Crippen molar-refractivity contribution < 1.29 is 22.8 Å². The molecule has 0 aromatic carbocycles. The number of carbonyl (C=O) groups excluding carboxylic acids is 2. The van der Waals surface area contributed by atoms with Crippen molar-refractivity contribution in [2.75, 3.05) is 38.1 Å². The zero-order chi connectivity index (χ0) is 19.1. The van der Waals surface area contributed by atoms with E-state index in [0.29, 0.717) is 32.6 Å². The van der Waals surface area contributed by atoms with Crippen molar-refractivity contribution >= 4 is 17.6 Å². The van der Waals surface area contributed by atoms with Gasteiger partial charge in [0.1, 0.15) is 5.82 Å². The molecule has 1 unspecified atom stereocenters. The molecule has 0 radical (unpaired) electrons. The molecule has 1 aromatic rings. The highest BCUT2D eigenvalue weighted by atomic mass is 19.4. The van der Waals surface area contributed by atoms with E-state index in [2.05, 4.69) is 4.98 Å². The van der Waals surface area contributed by atoms with Crippen LogP contribution in [0.4, 0.5) is 19.0 Å². The maximum Gasteiger partial charge on any atom is 0.417 e. The highest BCUT2D eigenvalue weighted by Gasteiger charge is 2.39. The van der Waals surface area contributed by atoms with E-state index >= 15 is 0 Å². The maximum atomic E-state index is 13.0. The zero-order valence-electron chi connectivity index (χ0n) is 14.7. The van der Waals surface area contributed by atoms with E-state index in [0.717, 1.165) is 18.7 Å². The Labute approximate surface area is 149 Å². The molecule has 26 heavy (non-hydrogen) atoms. The van der Waals surface area contributed by atoms with Gasteiger partial charge >= 0.3 is 6.18 Å². The molecule has 0 saturated carbocycles. The lowest BCUT2D eigenvalue weighted by Crippen LogP contribution is -2.57. The summed E-state index contributed by atoms with van der Waals surface area (Å²) in [6.45, 7) is 3.59. The highest BCUT2D eigenvalue weighted by Crippen LogP contribution is 2.34. The van der Waals surface area contributed by atoms with E-state index in [1.54, 1.807) is 11.9 Å². The Morgan fingerprint density at radius 3 is 2.69 bits per heavy atom. The molecular weight excluding hydrogens is 349 g/mol. The molecular formula is C17H21F3N4O2. The number of piperazine rings is 1. The smallest absolute Gasteiger partial charge is 0.348 e. The molecule has 1 aromatic heterocycles.